The molecule has 0 unspecified atom stereocenters. The van der Waals surface area contributed by atoms with E-state index in [9.17, 15) is 14.4 Å². The molecule has 0 aliphatic heterocycles. The van der Waals surface area contributed by atoms with Gasteiger partial charge in [0.15, 0.2) is 0 Å². The van der Waals surface area contributed by atoms with Crippen LogP contribution in [0, 0.1) is 5.92 Å². The Morgan fingerprint density at radius 3 is 2.26 bits per heavy atom. The lowest BCUT2D eigenvalue weighted by molar-refractivity contribution is -0.123. The number of nitrogens with one attached hydrogen (secondary N) is 1. The molecular weight excluding hydrogens is 296 g/mol. The average Bonchev–Trinajstić information content (AvgIpc) is 2.50. The van der Waals surface area contributed by atoms with Gasteiger partial charge in [-0.3, -0.25) is 9.59 Å². The van der Waals surface area contributed by atoms with Crippen LogP contribution >= 0.6 is 0 Å². The zero-order chi connectivity index (χ0) is 17.4. The summed E-state index contributed by atoms with van der Waals surface area (Å²) in [6.45, 7) is 7.94. The Balaban J connectivity index is 2.79. The van der Waals surface area contributed by atoms with E-state index in [1.165, 1.54) is 11.8 Å². The number of anilines is 1. The van der Waals surface area contributed by atoms with Crippen LogP contribution in [0.4, 0.5) is 5.69 Å². The third-order valence-corrected chi connectivity index (χ3v) is 3.08. The van der Waals surface area contributed by atoms with Crippen LogP contribution in [0.1, 0.15) is 38.1 Å². The molecule has 0 heterocycles. The number of carbonyl (C=O) groups is 3. The zero-order valence-electron chi connectivity index (χ0n) is 14.1. The molecule has 6 heteroatoms. The van der Waals surface area contributed by atoms with Crippen LogP contribution in [0.25, 0.3) is 0 Å². The van der Waals surface area contributed by atoms with Gasteiger partial charge in [-0.1, -0.05) is 13.8 Å². The van der Waals surface area contributed by atoms with Crippen molar-refractivity contribution in [1.29, 1.82) is 0 Å². The maximum Gasteiger partial charge on any atom is 0.338 e. The van der Waals surface area contributed by atoms with E-state index in [4.69, 9.17) is 4.74 Å². The number of amides is 2. The smallest absolute Gasteiger partial charge is 0.338 e. The topological polar surface area (TPSA) is 75.7 Å². The minimum absolute atomic E-state index is 0.0548. The molecule has 0 aromatic heterocycles. The molecule has 23 heavy (non-hydrogen) atoms. The summed E-state index contributed by atoms with van der Waals surface area (Å²) in [6.07, 6.45) is 0. The molecule has 1 aromatic carbocycles. The second-order valence-electron chi connectivity index (χ2n) is 5.57. The molecule has 0 atom stereocenters. The van der Waals surface area contributed by atoms with Gasteiger partial charge >= 0.3 is 5.97 Å². The van der Waals surface area contributed by atoms with E-state index < -0.39 is 5.97 Å². The lowest BCUT2D eigenvalue weighted by Crippen LogP contribution is -2.40. The molecule has 126 valence electrons. The highest BCUT2D eigenvalue weighted by atomic mass is 16.5. The molecule has 0 aliphatic carbocycles. The van der Waals surface area contributed by atoms with Gasteiger partial charge in [0.2, 0.25) is 11.8 Å². The second-order valence-corrected chi connectivity index (χ2v) is 5.57. The van der Waals surface area contributed by atoms with E-state index in [1.807, 2.05) is 13.8 Å². The number of hydrogen-bond donors (Lipinski definition) is 1. The highest BCUT2D eigenvalue weighted by Crippen LogP contribution is 2.16. The summed E-state index contributed by atoms with van der Waals surface area (Å²) >= 11 is 0. The van der Waals surface area contributed by atoms with Crippen molar-refractivity contribution in [2.45, 2.75) is 27.7 Å². The van der Waals surface area contributed by atoms with Gasteiger partial charge in [-0.05, 0) is 37.1 Å². The largest absolute Gasteiger partial charge is 0.462 e. The van der Waals surface area contributed by atoms with E-state index in [2.05, 4.69) is 5.32 Å². The lowest BCUT2D eigenvalue weighted by atomic mass is 10.2. The van der Waals surface area contributed by atoms with E-state index >= 15 is 0 Å². The van der Waals surface area contributed by atoms with Crippen molar-refractivity contribution < 1.29 is 19.1 Å². The van der Waals surface area contributed by atoms with Crippen LogP contribution in [0.15, 0.2) is 24.3 Å². The maximum atomic E-state index is 11.9. The van der Waals surface area contributed by atoms with Crippen molar-refractivity contribution in [3.05, 3.63) is 29.8 Å². The van der Waals surface area contributed by atoms with Crippen molar-refractivity contribution in [2.75, 3.05) is 24.6 Å². The third-order valence-electron chi connectivity index (χ3n) is 3.08. The van der Waals surface area contributed by atoms with Crippen molar-refractivity contribution in [3.8, 4) is 0 Å². The molecule has 1 N–H and O–H groups in total. The molecule has 0 aliphatic rings. The van der Waals surface area contributed by atoms with Crippen molar-refractivity contribution in [3.63, 3.8) is 0 Å². The molecule has 0 saturated carbocycles. The first kappa shape index (κ1) is 18.7. The minimum Gasteiger partial charge on any atom is -0.462 e. The Labute approximate surface area is 136 Å². The van der Waals surface area contributed by atoms with E-state index in [1.54, 1.807) is 31.2 Å². The van der Waals surface area contributed by atoms with Gasteiger partial charge in [-0.2, -0.15) is 0 Å². The monoisotopic (exact) mass is 320 g/mol. The van der Waals surface area contributed by atoms with Crippen molar-refractivity contribution in [2.24, 2.45) is 5.92 Å². The number of esters is 1. The van der Waals surface area contributed by atoms with E-state index in [-0.39, 0.29) is 18.4 Å². The number of rotatable bonds is 7. The lowest BCUT2D eigenvalue weighted by Gasteiger charge is -2.21. The predicted molar refractivity (Wildman–Crippen MR) is 88.3 cm³/mol. The summed E-state index contributed by atoms with van der Waals surface area (Å²) in [7, 11) is 0. The zero-order valence-corrected chi connectivity index (χ0v) is 14.1. The first-order chi connectivity index (χ1) is 10.8. The fourth-order valence-electron chi connectivity index (χ4n) is 1.89. The molecule has 2 amide bonds. The normalized spacial score (nSPS) is 10.3. The Hall–Kier alpha value is -2.37. The van der Waals surface area contributed by atoms with Gasteiger partial charge in [-0.15, -0.1) is 0 Å². The van der Waals surface area contributed by atoms with Gasteiger partial charge < -0.3 is 15.0 Å². The molecule has 6 nitrogen and oxygen atoms in total. The summed E-state index contributed by atoms with van der Waals surface area (Å²) in [5.74, 6) is -0.534. The number of ether oxygens (including phenoxy) is 1. The molecule has 0 saturated heterocycles. The molecule has 1 aromatic rings. The number of benzene rings is 1. The molecule has 0 bridgehead atoms. The van der Waals surface area contributed by atoms with Crippen molar-refractivity contribution >= 4 is 23.5 Å². The van der Waals surface area contributed by atoms with Crippen LogP contribution < -0.4 is 10.2 Å². The van der Waals surface area contributed by atoms with Gasteiger partial charge in [-0.25, -0.2) is 4.79 Å². The Morgan fingerprint density at radius 2 is 1.78 bits per heavy atom. The van der Waals surface area contributed by atoms with E-state index in [0.29, 0.717) is 30.3 Å². The molecule has 0 fully saturated rings. The minimum atomic E-state index is -0.414. The molecule has 1 rings (SSSR count). The fourth-order valence-corrected chi connectivity index (χ4v) is 1.89. The van der Waals surface area contributed by atoms with Gasteiger partial charge in [0.05, 0.1) is 12.2 Å². The highest BCUT2D eigenvalue weighted by Gasteiger charge is 2.16. The quantitative estimate of drug-likeness (QED) is 0.780. The fraction of sp³-hybridized carbons (Fsp3) is 0.471. The summed E-state index contributed by atoms with van der Waals surface area (Å²) < 4.78 is 4.91. The van der Waals surface area contributed by atoms with Crippen LogP contribution in [0.2, 0.25) is 0 Å². The molecule has 0 spiro atoms. The van der Waals surface area contributed by atoms with Crippen LogP contribution in [0.5, 0.6) is 0 Å². The second kappa shape index (κ2) is 8.92. The molecular formula is C17H24N2O4. The SMILES string of the molecule is CCOC(=O)c1ccc(N(CC(=O)NCC(C)C)C(C)=O)cc1. The number of carbonyl (C=O) groups excluding carboxylic acids is 3. The van der Waals surface area contributed by atoms with Gasteiger partial charge in [0, 0.05) is 19.2 Å². The van der Waals surface area contributed by atoms with Crippen LogP contribution in [-0.4, -0.2) is 37.5 Å². The average molecular weight is 320 g/mol. The van der Waals surface area contributed by atoms with Crippen LogP contribution in [0.3, 0.4) is 0 Å². The number of hydrogen-bond acceptors (Lipinski definition) is 4. The molecule has 0 radical (unpaired) electrons. The Bertz CT molecular complexity index is 552. The highest BCUT2D eigenvalue weighted by molar-refractivity contribution is 5.98. The first-order valence-electron chi connectivity index (χ1n) is 7.67. The number of nitrogens with zero attached hydrogens (tertiary/aromatic N) is 1. The predicted octanol–water partition coefficient (Wildman–Crippen LogP) is 1.99. The van der Waals surface area contributed by atoms with Gasteiger partial charge in [0.25, 0.3) is 0 Å². The summed E-state index contributed by atoms with van der Waals surface area (Å²) in [6, 6.07) is 6.41. The Morgan fingerprint density at radius 1 is 1.17 bits per heavy atom. The maximum absolute atomic E-state index is 11.9. The third kappa shape index (κ3) is 6.10. The standard InChI is InChI=1S/C17H24N2O4/c1-5-23-17(22)14-6-8-15(9-7-14)19(13(4)20)11-16(21)18-10-12(2)3/h6-9,12H,5,10-11H2,1-4H3,(H,18,21). The summed E-state index contributed by atoms with van der Waals surface area (Å²) in [5.41, 5.74) is 0.966. The Kier molecular flexibility index (Phi) is 7.25. The van der Waals surface area contributed by atoms with Crippen molar-refractivity contribution in [1.82, 2.24) is 5.32 Å². The summed E-state index contributed by atoms with van der Waals surface area (Å²) in [4.78, 5) is 36.7. The van der Waals surface area contributed by atoms with E-state index in [0.717, 1.165) is 0 Å². The first-order valence-corrected chi connectivity index (χ1v) is 7.67. The summed E-state index contributed by atoms with van der Waals surface area (Å²) in [5, 5.41) is 2.78. The van der Waals surface area contributed by atoms with Crippen LogP contribution in [-0.2, 0) is 14.3 Å². The van der Waals surface area contributed by atoms with Gasteiger partial charge in [0.1, 0.15) is 6.54 Å².